The van der Waals surface area contributed by atoms with Crippen molar-refractivity contribution in [3.8, 4) is 5.69 Å². The number of rotatable bonds is 2. The number of aromatic nitrogens is 3. The molecular weight excluding hydrogens is 397 g/mol. The molecule has 0 saturated heterocycles. The summed E-state index contributed by atoms with van der Waals surface area (Å²) in [5, 5.41) is 4.85. The molecule has 2 heterocycles. The molecule has 3 aromatic rings. The van der Waals surface area contributed by atoms with Crippen LogP contribution in [0, 0.1) is 0 Å². The van der Waals surface area contributed by atoms with E-state index in [2.05, 4.69) is 73.3 Å². The van der Waals surface area contributed by atoms with E-state index < -0.39 is 7.25 Å². The Bertz CT molecular complexity index is 1040. The van der Waals surface area contributed by atoms with E-state index in [1.807, 2.05) is 4.68 Å². The number of halogens is 4. The molecule has 5 rings (SSSR count). The highest BCUT2D eigenvalue weighted by molar-refractivity contribution is 6.50. The van der Waals surface area contributed by atoms with Crippen molar-refractivity contribution in [3.63, 3.8) is 0 Å². The molecule has 0 radical (unpaired) electrons. The number of para-hydroxylation sites is 1. The van der Waals surface area contributed by atoms with Crippen LogP contribution in [0.5, 0.6) is 0 Å². The van der Waals surface area contributed by atoms with Gasteiger partial charge in [0.2, 0.25) is 6.33 Å². The summed E-state index contributed by atoms with van der Waals surface area (Å²) in [6.07, 6.45) is 3.35. The van der Waals surface area contributed by atoms with Crippen LogP contribution in [0.1, 0.15) is 48.3 Å². The third-order valence-corrected chi connectivity index (χ3v) is 5.43. The van der Waals surface area contributed by atoms with Gasteiger partial charge in [0.15, 0.2) is 0 Å². The molecule has 30 heavy (non-hydrogen) atoms. The van der Waals surface area contributed by atoms with Crippen molar-refractivity contribution in [1.82, 2.24) is 9.78 Å². The molecule has 9 heteroatoms. The van der Waals surface area contributed by atoms with Crippen LogP contribution in [-0.2, 0) is 17.8 Å². The number of fused-ring (bicyclic) bond motifs is 5. The van der Waals surface area contributed by atoms with E-state index in [9.17, 15) is 17.3 Å². The maximum Gasteiger partial charge on any atom is 0.673 e. The average molecular weight is 419 g/mol. The largest absolute Gasteiger partial charge is 0.673 e. The summed E-state index contributed by atoms with van der Waals surface area (Å²) in [5.74, 6) is 1.45. The summed E-state index contributed by atoms with van der Waals surface area (Å²) < 4.78 is 49.5. The van der Waals surface area contributed by atoms with E-state index >= 15 is 0 Å². The Kier molecular flexibility index (Phi) is 5.40. The maximum absolute atomic E-state index is 9.75. The van der Waals surface area contributed by atoms with E-state index in [1.54, 1.807) is 0 Å². The Hall–Kier alpha value is -2.68. The second-order valence-electron chi connectivity index (χ2n) is 7.79. The molecule has 4 nitrogen and oxygen atoms in total. The smallest absolute Gasteiger partial charge is 0.418 e. The Labute approximate surface area is 172 Å². The van der Waals surface area contributed by atoms with Crippen molar-refractivity contribution in [1.29, 1.82) is 0 Å². The molecule has 0 unspecified atom stereocenters. The fraction of sp³-hybridized carbons (Fsp3) is 0.333. The molecule has 0 bridgehead atoms. The average Bonchev–Trinajstić information content (AvgIpc) is 3.27. The number of hydrogen-bond donors (Lipinski definition) is 0. The Morgan fingerprint density at radius 2 is 1.73 bits per heavy atom. The SMILES string of the molecule is CC(C)c1ccccc1-n1c[n+]2c(n1)CO[C@@H]1Cc3ccccc3[C@@H]12.F[B-](F)(F)F. The Balaban J connectivity index is 0.000000393. The Morgan fingerprint density at radius 1 is 1.07 bits per heavy atom. The lowest BCUT2D eigenvalue weighted by Gasteiger charge is -2.23. The summed E-state index contributed by atoms with van der Waals surface area (Å²) in [7, 11) is -6.00. The first-order valence-electron chi connectivity index (χ1n) is 9.88. The summed E-state index contributed by atoms with van der Waals surface area (Å²) in [6.45, 7) is 5.02. The zero-order valence-corrected chi connectivity index (χ0v) is 16.7. The van der Waals surface area contributed by atoms with Crippen LogP contribution in [0.15, 0.2) is 54.9 Å². The van der Waals surface area contributed by atoms with Crippen molar-refractivity contribution in [2.45, 2.75) is 44.9 Å². The van der Waals surface area contributed by atoms with Crippen molar-refractivity contribution in [2.75, 3.05) is 0 Å². The highest BCUT2D eigenvalue weighted by Crippen LogP contribution is 2.35. The van der Waals surface area contributed by atoms with Crippen LogP contribution in [0.25, 0.3) is 5.69 Å². The zero-order valence-electron chi connectivity index (χ0n) is 16.7. The molecule has 0 saturated carbocycles. The van der Waals surface area contributed by atoms with Crippen LogP contribution < -0.4 is 4.57 Å². The predicted octanol–water partition coefficient (Wildman–Crippen LogP) is 4.63. The van der Waals surface area contributed by atoms with Crippen LogP contribution >= 0.6 is 0 Å². The standard InChI is InChI=1S/C21H22N3O.BF4/c1-14(2)16-8-5-6-10-18(16)24-13-23-20(22-24)12-25-19-11-15-7-3-4-9-17(15)21(19)23;2-1(3,4)5/h3-10,13-14,19,21H,11-12H2,1-2H3;/q+1;-1/t19-,21+;/m1./s1. The van der Waals surface area contributed by atoms with Crippen LogP contribution in [-0.4, -0.2) is 23.1 Å². The summed E-state index contributed by atoms with van der Waals surface area (Å²) in [4.78, 5) is 0. The van der Waals surface area contributed by atoms with Crippen LogP contribution in [0.4, 0.5) is 17.3 Å². The number of ether oxygens (including phenoxy) is 1. The van der Waals surface area contributed by atoms with Crippen molar-refractivity contribution < 1.29 is 26.6 Å². The van der Waals surface area contributed by atoms with Crippen LogP contribution in [0.2, 0.25) is 0 Å². The van der Waals surface area contributed by atoms with Gasteiger partial charge in [0, 0.05) is 11.5 Å². The molecule has 0 fully saturated rings. The molecule has 2 aromatic carbocycles. The van der Waals surface area contributed by atoms with Gasteiger partial charge < -0.3 is 22.0 Å². The van der Waals surface area contributed by atoms with E-state index in [0.717, 1.165) is 17.9 Å². The lowest BCUT2D eigenvalue weighted by Crippen LogP contribution is -2.51. The molecule has 0 N–H and O–H groups in total. The summed E-state index contributed by atoms with van der Waals surface area (Å²) in [5.41, 5.74) is 5.23. The molecule has 2 atom stereocenters. The van der Waals surface area contributed by atoms with E-state index in [0.29, 0.717) is 12.5 Å². The highest BCUT2D eigenvalue weighted by atomic mass is 19.5. The molecule has 1 aromatic heterocycles. The lowest BCUT2D eigenvalue weighted by atomic mass is 10.0. The van der Waals surface area contributed by atoms with Gasteiger partial charge in [-0.2, -0.15) is 0 Å². The fourth-order valence-corrected chi connectivity index (χ4v) is 4.22. The second-order valence-corrected chi connectivity index (χ2v) is 7.79. The highest BCUT2D eigenvalue weighted by Gasteiger charge is 2.43. The lowest BCUT2D eigenvalue weighted by molar-refractivity contribution is -0.739. The minimum Gasteiger partial charge on any atom is -0.418 e. The number of benzene rings is 2. The van der Waals surface area contributed by atoms with E-state index in [4.69, 9.17) is 9.84 Å². The van der Waals surface area contributed by atoms with E-state index in [1.165, 1.54) is 16.7 Å². The van der Waals surface area contributed by atoms with Gasteiger partial charge in [0.25, 0.3) is 0 Å². The van der Waals surface area contributed by atoms with Gasteiger partial charge in [-0.3, -0.25) is 0 Å². The van der Waals surface area contributed by atoms with Crippen LogP contribution in [0.3, 0.4) is 0 Å². The predicted molar refractivity (Wildman–Crippen MR) is 105 cm³/mol. The number of nitrogens with zero attached hydrogens (tertiary/aromatic N) is 3. The normalized spacial score (nSPS) is 19.6. The van der Waals surface area contributed by atoms with Gasteiger partial charge in [-0.1, -0.05) is 61.0 Å². The first-order valence-corrected chi connectivity index (χ1v) is 9.88. The molecule has 1 aliphatic carbocycles. The maximum atomic E-state index is 9.75. The zero-order chi connectivity index (χ0) is 21.5. The third kappa shape index (κ3) is 4.12. The quantitative estimate of drug-likeness (QED) is 0.345. The van der Waals surface area contributed by atoms with Gasteiger partial charge in [-0.25, -0.2) is 4.57 Å². The first-order chi connectivity index (χ1) is 14.2. The molecule has 1 aliphatic heterocycles. The Morgan fingerprint density at radius 3 is 2.47 bits per heavy atom. The molecule has 0 amide bonds. The van der Waals surface area contributed by atoms with E-state index in [-0.39, 0.29) is 12.1 Å². The molecule has 158 valence electrons. The van der Waals surface area contributed by atoms with Crippen molar-refractivity contribution in [3.05, 3.63) is 77.4 Å². The monoisotopic (exact) mass is 419 g/mol. The molecule has 0 spiro atoms. The third-order valence-electron chi connectivity index (χ3n) is 5.43. The summed E-state index contributed by atoms with van der Waals surface area (Å²) in [6, 6.07) is 17.4. The minimum atomic E-state index is -6.00. The van der Waals surface area contributed by atoms with Crippen molar-refractivity contribution in [2.24, 2.45) is 0 Å². The van der Waals surface area contributed by atoms with Gasteiger partial charge in [-0.15, -0.1) is 0 Å². The van der Waals surface area contributed by atoms with Gasteiger partial charge >= 0.3 is 13.1 Å². The van der Waals surface area contributed by atoms with Gasteiger partial charge in [-0.05, 0) is 28.7 Å². The fourth-order valence-electron chi connectivity index (χ4n) is 4.22. The minimum absolute atomic E-state index is 0.216. The molecular formula is C21H22BF4N3O. The van der Waals surface area contributed by atoms with Gasteiger partial charge in [0.05, 0.1) is 0 Å². The van der Waals surface area contributed by atoms with Gasteiger partial charge in [0.1, 0.15) is 24.4 Å². The van der Waals surface area contributed by atoms with Crippen molar-refractivity contribution >= 4 is 7.25 Å². The molecule has 2 aliphatic rings. The summed E-state index contributed by atoms with van der Waals surface area (Å²) >= 11 is 0. The second kappa shape index (κ2) is 7.87. The number of hydrogen-bond acceptors (Lipinski definition) is 2. The first kappa shape index (κ1) is 20.6. The topological polar surface area (TPSA) is 30.9 Å².